The van der Waals surface area contributed by atoms with Gasteiger partial charge in [-0.1, -0.05) is 12.8 Å². The average molecular weight is 254 g/mol. The van der Waals surface area contributed by atoms with Gasteiger partial charge in [-0.3, -0.25) is 4.79 Å². The molecule has 0 aromatic heterocycles. The van der Waals surface area contributed by atoms with Crippen LogP contribution in [0.3, 0.4) is 0 Å². The number of ether oxygens (including phenoxy) is 1. The molecule has 1 aliphatic carbocycles. The Bertz CT molecular complexity index is 304. The Morgan fingerprint density at radius 1 is 1.39 bits per heavy atom. The molecule has 1 saturated heterocycles. The fourth-order valence-electron chi connectivity index (χ4n) is 3.49. The third kappa shape index (κ3) is 2.86. The Labute approximate surface area is 110 Å². The Morgan fingerprint density at radius 2 is 2.11 bits per heavy atom. The number of hydrogen-bond donors (Lipinski definition) is 1. The van der Waals surface area contributed by atoms with Crippen molar-refractivity contribution in [1.29, 1.82) is 0 Å². The summed E-state index contributed by atoms with van der Waals surface area (Å²) in [7, 11) is 1.40. The normalized spacial score (nSPS) is 31.7. The zero-order valence-corrected chi connectivity index (χ0v) is 11.7. The van der Waals surface area contributed by atoms with Gasteiger partial charge >= 0.3 is 5.97 Å². The molecule has 3 atom stereocenters. The summed E-state index contributed by atoms with van der Waals surface area (Å²) in [5, 5.41) is 0. The Balaban J connectivity index is 1.85. The lowest BCUT2D eigenvalue weighted by molar-refractivity contribution is -0.146. The summed E-state index contributed by atoms with van der Waals surface area (Å²) < 4.78 is 4.75. The first-order valence-corrected chi connectivity index (χ1v) is 7.16. The van der Waals surface area contributed by atoms with Crippen LogP contribution in [0.4, 0.5) is 0 Å². The van der Waals surface area contributed by atoms with Crippen molar-refractivity contribution in [3.63, 3.8) is 0 Å². The number of nitrogens with two attached hydrogens (primary N) is 1. The van der Waals surface area contributed by atoms with E-state index in [1.807, 2.05) is 0 Å². The van der Waals surface area contributed by atoms with Crippen LogP contribution in [0, 0.1) is 5.92 Å². The summed E-state index contributed by atoms with van der Waals surface area (Å²) in [4.78, 5) is 14.1. The van der Waals surface area contributed by atoms with Crippen molar-refractivity contribution in [3.8, 4) is 0 Å². The average Bonchev–Trinajstić information content (AvgIpc) is 2.78. The second-order valence-electron chi connectivity index (χ2n) is 6.10. The quantitative estimate of drug-likeness (QED) is 0.773. The Kier molecular flexibility index (Phi) is 4.28. The monoisotopic (exact) mass is 254 g/mol. The lowest BCUT2D eigenvalue weighted by Gasteiger charge is -2.33. The van der Waals surface area contributed by atoms with Crippen LogP contribution < -0.4 is 5.73 Å². The number of methoxy groups -OCH3 is 1. The van der Waals surface area contributed by atoms with E-state index in [-0.39, 0.29) is 5.97 Å². The van der Waals surface area contributed by atoms with E-state index >= 15 is 0 Å². The van der Waals surface area contributed by atoms with Crippen LogP contribution in [0.15, 0.2) is 0 Å². The number of esters is 1. The van der Waals surface area contributed by atoms with Crippen LogP contribution in [0.1, 0.15) is 45.4 Å². The Morgan fingerprint density at radius 3 is 2.83 bits per heavy atom. The van der Waals surface area contributed by atoms with Crippen LogP contribution in [-0.4, -0.2) is 42.6 Å². The number of rotatable bonds is 4. The molecule has 2 fully saturated rings. The van der Waals surface area contributed by atoms with Gasteiger partial charge in [0, 0.05) is 12.6 Å². The predicted octanol–water partition coefficient (Wildman–Crippen LogP) is 1.53. The molecule has 1 saturated carbocycles. The molecule has 0 aromatic rings. The van der Waals surface area contributed by atoms with Gasteiger partial charge in [-0.15, -0.1) is 0 Å². The van der Waals surface area contributed by atoms with Crippen molar-refractivity contribution in [2.75, 3.05) is 20.2 Å². The lowest BCUT2D eigenvalue weighted by Crippen LogP contribution is -2.49. The molecule has 0 radical (unpaired) electrons. The van der Waals surface area contributed by atoms with Gasteiger partial charge in [0.15, 0.2) is 0 Å². The molecule has 2 aliphatic rings. The van der Waals surface area contributed by atoms with Crippen LogP contribution in [0.25, 0.3) is 0 Å². The molecule has 0 aromatic carbocycles. The van der Waals surface area contributed by atoms with Crippen molar-refractivity contribution in [2.45, 2.75) is 57.0 Å². The minimum Gasteiger partial charge on any atom is -0.468 e. The number of nitrogens with zero attached hydrogens (tertiary/aromatic N) is 1. The second kappa shape index (κ2) is 5.57. The SMILES string of the molecule is COC(=O)C(C)(N)CCN1CCC2CCCCC21. The van der Waals surface area contributed by atoms with Crippen molar-refractivity contribution < 1.29 is 9.53 Å². The van der Waals surface area contributed by atoms with Crippen LogP contribution in [-0.2, 0) is 9.53 Å². The first kappa shape index (κ1) is 13.8. The smallest absolute Gasteiger partial charge is 0.325 e. The highest BCUT2D eigenvalue weighted by molar-refractivity contribution is 5.79. The summed E-state index contributed by atoms with van der Waals surface area (Å²) in [6.07, 6.45) is 7.47. The first-order chi connectivity index (χ1) is 8.54. The van der Waals surface area contributed by atoms with Gasteiger partial charge < -0.3 is 15.4 Å². The molecule has 4 heteroatoms. The van der Waals surface area contributed by atoms with E-state index in [0.717, 1.165) is 18.5 Å². The third-order valence-corrected chi connectivity index (χ3v) is 4.70. The number of likely N-dealkylation sites (tertiary alicyclic amines) is 1. The predicted molar refractivity (Wildman–Crippen MR) is 71.2 cm³/mol. The second-order valence-corrected chi connectivity index (χ2v) is 6.10. The van der Waals surface area contributed by atoms with Gasteiger partial charge in [-0.25, -0.2) is 0 Å². The van der Waals surface area contributed by atoms with E-state index < -0.39 is 5.54 Å². The molecule has 2 rings (SSSR count). The molecule has 1 aliphatic heterocycles. The van der Waals surface area contributed by atoms with Crippen molar-refractivity contribution >= 4 is 5.97 Å². The van der Waals surface area contributed by atoms with Crippen molar-refractivity contribution in [2.24, 2.45) is 11.7 Å². The minimum absolute atomic E-state index is 0.304. The maximum atomic E-state index is 11.6. The zero-order valence-electron chi connectivity index (χ0n) is 11.7. The van der Waals surface area contributed by atoms with Crippen molar-refractivity contribution in [1.82, 2.24) is 4.90 Å². The Hall–Kier alpha value is -0.610. The molecular weight excluding hydrogens is 228 g/mol. The van der Waals surface area contributed by atoms with Crippen LogP contribution in [0.2, 0.25) is 0 Å². The number of carbonyl (C=O) groups excluding carboxylic acids is 1. The summed E-state index contributed by atoms with van der Waals surface area (Å²) in [5.41, 5.74) is 5.17. The van der Waals surface area contributed by atoms with Gasteiger partial charge in [0.1, 0.15) is 5.54 Å². The van der Waals surface area contributed by atoms with Crippen molar-refractivity contribution in [3.05, 3.63) is 0 Å². The zero-order chi connectivity index (χ0) is 13.2. The molecule has 104 valence electrons. The summed E-state index contributed by atoms with van der Waals surface area (Å²) >= 11 is 0. The van der Waals surface area contributed by atoms with E-state index in [4.69, 9.17) is 10.5 Å². The molecule has 2 N–H and O–H groups in total. The maximum Gasteiger partial charge on any atom is 0.325 e. The van der Waals surface area contributed by atoms with Gasteiger partial charge in [0.2, 0.25) is 0 Å². The van der Waals surface area contributed by atoms with E-state index in [0.29, 0.717) is 6.42 Å². The molecule has 1 heterocycles. The third-order valence-electron chi connectivity index (χ3n) is 4.70. The van der Waals surface area contributed by atoms with Crippen LogP contribution >= 0.6 is 0 Å². The van der Waals surface area contributed by atoms with E-state index in [9.17, 15) is 4.79 Å². The lowest BCUT2D eigenvalue weighted by atomic mass is 9.85. The highest BCUT2D eigenvalue weighted by Gasteiger charge is 2.37. The van der Waals surface area contributed by atoms with Gasteiger partial charge in [0.05, 0.1) is 7.11 Å². The largest absolute Gasteiger partial charge is 0.468 e. The maximum absolute atomic E-state index is 11.6. The standard InChI is InChI=1S/C14H26N2O2/c1-14(15,13(17)18-2)8-10-16-9-7-11-5-3-4-6-12(11)16/h11-12H,3-10,15H2,1-2H3. The summed E-state index contributed by atoms with van der Waals surface area (Å²) in [6, 6.07) is 0.743. The molecular formula is C14H26N2O2. The first-order valence-electron chi connectivity index (χ1n) is 7.16. The highest BCUT2D eigenvalue weighted by Crippen LogP contribution is 2.36. The number of hydrogen-bond acceptors (Lipinski definition) is 4. The molecule has 0 spiro atoms. The topological polar surface area (TPSA) is 55.6 Å². The van der Waals surface area contributed by atoms with E-state index in [1.165, 1.54) is 45.8 Å². The molecule has 0 amide bonds. The van der Waals surface area contributed by atoms with Gasteiger partial charge in [-0.2, -0.15) is 0 Å². The van der Waals surface area contributed by atoms with Crippen LogP contribution in [0.5, 0.6) is 0 Å². The summed E-state index contributed by atoms with van der Waals surface area (Å²) in [5.74, 6) is 0.586. The van der Waals surface area contributed by atoms with Gasteiger partial charge in [0.25, 0.3) is 0 Å². The molecule has 0 bridgehead atoms. The van der Waals surface area contributed by atoms with E-state index in [2.05, 4.69) is 4.90 Å². The molecule has 18 heavy (non-hydrogen) atoms. The van der Waals surface area contributed by atoms with Gasteiger partial charge in [-0.05, 0) is 45.1 Å². The number of fused-ring (bicyclic) bond motifs is 1. The minimum atomic E-state index is -0.846. The number of carbonyl (C=O) groups is 1. The highest BCUT2D eigenvalue weighted by atomic mass is 16.5. The molecule has 4 nitrogen and oxygen atoms in total. The molecule has 3 unspecified atom stereocenters. The van der Waals surface area contributed by atoms with E-state index in [1.54, 1.807) is 6.92 Å². The fourth-order valence-corrected chi connectivity index (χ4v) is 3.49. The summed E-state index contributed by atoms with van der Waals surface area (Å²) in [6.45, 7) is 3.86. The fraction of sp³-hybridized carbons (Fsp3) is 0.929.